The molecule has 1 rings (SSSR count). The molecule has 4 heteroatoms. The molecule has 0 heterocycles. The number of urea groups is 1. The van der Waals surface area contributed by atoms with Crippen molar-refractivity contribution in [3.63, 3.8) is 0 Å². The normalized spacial score (nSPS) is 11.9. The van der Waals surface area contributed by atoms with E-state index in [1.807, 2.05) is 13.8 Å². The average Bonchev–Trinajstić information content (AvgIpc) is 2.31. The van der Waals surface area contributed by atoms with E-state index >= 15 is 0 Å². The predicted molar refractivity (Wildman–Crippen MR) is 66.4 cm³/mol. The average molecular weight is 238 g/mol. The van der Waals surface area contributed by atoms with E-state index < -0.39 is 0 Å². The maximum absolute atomic E-state index is 12.6. The Balaban J connectivity index is 2.23. The summed E-state index contributed by atoms with van der Waals surface area (Å²) in [6, 6.07) is 6.33. The SMILES string of the molecule is CCC(C)NC(=O)NCCc1ccc(F)cc1. The van der Waals surface area contributed by atoms with Gasteiger partial charge in [-0.05, 0) is 37.5 Å². The smallest absolute Gasteiger partial charge is 0.315 e. The first kappa shape index (κ1) is 13.5. The Kier molecular flexibility index (Phi) is 5.46. The van der Waals surface area contributed by atoms with E-state index in [1.165, 1.54) is 12.1 Å². The highest BCUT2D eigenvalue weighted by Crippen LogP contribution is 2.02. The van der Waals surface area contributed by atoms with Gasteiger partial charge in [-0.3, -0.25) is 0 Å². The molecular weight excluding hydrogens is 219 g/mol. The van der Waals surface area contributed by atoms with Gasteiger partial charge in [0.1, 0.15) is 5.82 Å². The number of carbonyl (C=O) groups excluding carboxylic acids is 1. The fourth-order valence-electron chi connectivity index (χ4n) is 1.35. The molecule has 0 saturated carbocycles. The largest absolute Gasteiger partial charge is 0.338 e. The van der Waals surface area contributed by atoms with Gasteiger partial charge in [0.15, 0.2) is 0 Å². The van der Waals surface area contributed by atoms with Gasteiger partial charge in [-0.2, -0.15) is 0 Å². The molecule has 1 unspecified atom stereocenters. The molecule has 0 aliphatic carbocycles. The minimum Gasteiger partial charge on any atom is -0.338 e. The van der Waals surface area contributed by atoms with Crippen molar-refractivity contribution in [2.75, 3.05) is 6.54 Å². The third-order valence-electron chi connectivity index (χ3n) is 2.60. The van der Waals surface area contributed by atoms with Crippen LogP contribution in [0, 0.1) is 5.82 Å². The van der Waals surface area contributed by atoms with Crippen molar-refractivity contribution in [3.8, 4) is 0 Å². The molecule has 2 amide bonds. The molecule has 0 aliphatic rings. The lowest BCUT2D eigenvalue weighted by atomic mass is 10.1. The number of carbonyl (C=O) groups is 1. The monoisotopic (exact) mass is 238 g/mol. The summed E-state index contributed by atoms with van der Waals surface area (Å²) in [7, 11) is 0. The van der Waals surface area contributed by atoms with Crippen LogP contribution in [0.3, 0.4) is 0 Å². The molecule has 1 atom stereocenters. The van der Waals surface area contributed by atoms with Gasteiger partial charge < -0.3 is 10.6 Å². The Morgan fingerprint density at radius 2 is 2.00 bits per heavy atom. The number of rotatable bonds is 5. The molecule has 1 aromatic carbocycles. The second kappa shape index (κ2) is 6.89. The van der Waals surface area contributed by atoms with Crippen LogP contribution in [0.4, 0.5) is 9.18 Å². The molecule has 0 spiro atoms. The maximum Gasteiger partial charge on any atom is 0.315 e. The van der Waals surface area contributed by atoms with Crippen molar-refractivity contribution in [1.29, 1.82) is 0 Å². The van der Waals surface area contributed by atoms with Crippen LogP contribution >= 0.6 is 0 Å². The van der Waals surface area contributed by atoms with Gasteiger partial charge in [-0.25, -0.2) is 9.18 Å². The third kappa shape index (κ3) is 5.33. The van der Waals surface area contributed by atoms with Crippen LogP contribution in [0.15, 0.2) is 24.3 Å². The summed E-state index contributed by atoms with van der Waals surface area (Å²) in [6.45, 7) is 4.52. The molecule has 1 aromatic rings. The molecule has 0 bridgehead atoms. The molecule has 0 fully saturated rings. The van der Waals surface area contributed by atoms with E-state index in [0.29, 0.717) is 13.0 Å². The van der Waals surface area contributed by atoms with Crippen LogP contribution in [0.1, 0.15) is 25.8 Å². The number of nitrogens with one attached hydrogen (secondary N) is 2. The number of amides is 2. The number of hydrogen-bond donors (Lipinski definition) is 2. The topological polar surface area (TPSA) is 41.1 Å². The van der Waals surface area contributed by atoms with Crippen molar-refractivity contribution < 1.29 is 9.18 Å². The van der Waals surface area contributed by atoms with E-state index in [2.05, 4.69) is 10.6 Å². The van der Waals surface area contributed by atoms with E-state index in [4.69, 9.17) is 0 Å². The quantitative estimate of drug-likeness (QED) is 0.813. The summed E-state index contributed by atoms with van der Waals surface area (Å²) in [5, 5.41) is 5.58. The van der Waals surface area contributed by atoms with Crippen LogP contribution in [-0.4, -0.2) is 18.6 Å². The summed E-state index contributed by atoms with van der Waals surface area (Å²) in [6.07, 6.45) is 1.61. The summed E-state index contributed by atoms with van der Waals surface area (Å²) < 4.78 is 12.6. The van der Waals surface area contributed by atoms with Gasteiger partial charge >= 0.3 is 6.03 Å². The molecule has 2 N–H and O–H groups in total. The number of hydrogen-bond acceptors (Lipinski definition) is 1. The Labute approximate surface area is 101 Å². The molecular formula is C13H19FN2O. The molecule has 0 aromatic heterocycles. The Morgan fingerprint density at radius 1 is 1.35 bits per heavy atom. The van der Waals surface area contributed by atoms with Gasteiger partial charge in [-0.1, -0.05) is 19.1 Å². The number of halogens is 1. The molecule has 0 radical (unpaired) electrons. The standard InChI is InChI=1S/C13H19FN2O/c1-3-10(2)16-13(17)15-9-8-11-4-6-12(14)7-5-11/h4-7,10H,3,8-9H2,1-2H3,(H2,15,16,17). The van der Waals surface area contributed by atoms with Crippen LogP contribution < -0.4 is 10.6 Å². The Hall–Kier alpha value is -1.58. The lowest BCUT2D eigenvalue weighted by Crippen LogP contribution is -2.41. The highest BCUT2D eigenvalue weighted by atomic mass is 19.1. The van der Waals surface area contributed by atoms with Crippen LogP contribution in [0.2, 0.25) is 0 Å². The van der Waals surface area contributed by atoms with Gasteiger partial charge in [0.2, 0.25) is 0 Å². The van der Waals surface area contributed by atoms with E-state index in [9.17, 15) is 9.18 Å². The van der Waals surface area contributed by atoms with Gasteiger partial charge in [0.25, 0.3) is 0 Å². The van der Waals surface area contributed by atoms with Gasteiger partial charge in [0.05, 0.1) is 0 Å². The van der Waals surface area contributed by atoms with Gasteiger partial charge in [0, 0.05) is 12.6 Å². The Bertz CT molecular complexity index is 351. The fraction of sp³-hybridized carbons (Fsp3) is 0.462. The van der Waals surface area contributed by atoms with Crippen molar-refractivity contribution in [1.82, 2.24) is 10.6 Å². The predicted octanol–water partition coefficient (Wildman–Crippen LogP) is 2.47. The zero-order valence-electron chi connectivity index (χ0n) is 10.3. The highest BCUT2D eigenvalue weighted by Gasteiger charge is 2.03. The fourth-order valence-corrected chi connectivity index (χ4v) is 1.35. The molecule has 3 nitrogen and oxygen atoms in total. The van der Waals surface area contributed by atoms with Crippen molar-refractivity contribution >= 4 is 6.03 Å². The van der Waals surface area contributed by atoms with Crippen molar-refractivity contribution in [3.05, 3.63) is 35.6 Å². The summed E-state index contributed by atoms with van der Waals surface area (Å²) in [4.78, 5) is 11.4. The van der Waals surface area contributed by atoms with E-state index in [1.54, 1.807) is 12.1 Å². The van der Waals surface area contributed by atoms with Crippen LogP contribution in [0.5, 0.6) is 0 Å². The maximum atomic E-state index is 12.6. The first-order chi connectivity index (χ1) is 8.11. The lowest BCUT2D eigenvalue weighted by Gasteiger charge is -2.12. The summed E-state index contributed by atoms with van der Waals surface area (Å²) in [5.74, 6) is -0.240. The molecule has 94 valence electrons. The Morgan fingerprint density at radius 3 is 2.59 bits per heavy atom. The first-order valence-electron chi connectivity index (χ1n) is 5.90. The highest BCUT2D eigenvalue weighted by molar-refractivity contribution is 5.74. The van der Waals surface area contributed by atoms with Gasteiger partial charge in [-0.15, -0.1) is 0 Å². The molecule has 0 saturated heterocycles. The number of benzene rings is 1. The minimum absolute atomic E-state index is 0.151. The zero-order chi connectivity index (χ0) is 12.7. The van der Waals surface area contributed by atoms with Crippen LogP contribution in [-0.2, 0) is 6.42 Å². The van der Waals surface area contributed by atoms with E-state index in [-0.39, 0.29) is 17.9 Å². The second-order valence-electron chi connectivity index (χ2n) is 4.09. The minimum atomic E-state index is -0.240. The van der Waals surface area contributed by atoms with E-state index in [0.717, 1.165) is 12.0 Å². The van der Waals surface area contributed by atoms with Crippen molar-refractivity contribution in [2.45, 2.75) is 32.7 Å². The molecule has 17 heavy (non-hydrogen) atoms. The zero-order valence-corrected chi connectivity index (χ0v) is 10.3. The molecule has 0 aliphatic heterocycles. The van der Waals surface area contributed by atoms with Crippen molar-refractivity contribution in [2.24, 2.45) is 0 Å². The second-order valence-corrected chi connectivity index (χ2v) is 4.09. The lowest BCUT2D eigenvalue weighted by molar-refractivity contribution is 0.237. The summed E-state index contributed by atoms with van der Waals surface area (Å²) >= 11 is 0. The third-order valence-corrected chi connectivity index (χ3v) is 2.60. The van der Waals surface area contributed by atoms with Crippen LogP contribution in [0.25, 0.3) is 0 Å². The summed E-state index contributed by atoms with van der Waals surface area (Å²) in [5.41, 5.74) is 1.01. The first-order valence-corrected chi connectivity index (χ1v) is 5.90.